The van der Waals surface area contributed by atoms with Crippen molar-refractivity contribution in [2.75, 3.05) is 35.8 Å². The molecule has 0 radical (unpaired) electrons. The van der Waals surface area contributed by atoms with Crippen molar-refractivity contribution < 1.29 is 28.6 Å². The molecule has 3 N–H and O–H groups in total. The molecule has 0 spiro atoms. The fraction of sp³-hybridized carbons (Fsp3) is 0.543. The average Bonchev–Trinajstić information content (AvgIpc) is 3.20. The van der Waals surface area contributed by atoms with Gasteiger partial charge in [0.1, 0.15) is 0 Å². The maximum absolute atomic E-state index is 12.6. The minimum absolute atomic E-state index is 0.181. The van der Waals surface area contributed by atoms with Gasteiger partial charge in [0.2, 0.25) is 0 Å². The van der Waals surface area contributed by atoms with Crippen molar-refractivity contribution in [3.8, 4) is 0 Å². The SMILES string of the molecule is CCCCC(CC)COC(=O)Nc1ccc(C(c2ccc(NC(=O)OCC(CC)CCCC)cc2)c2ccc(NC(=O)OCC(CC)CCCC)cc2)cc1. The molecule has 0 aliphatic rings. The molecule has 3 rings (SSSR count). The largest absolute Gasteiger partial charge is 0.449 e. The second kappa shape index (κ2) is 25.5. The Bertz CT molecular complexity index is 1340. The van der Waals surface area contributed by atoms with E-state index in [1.807, 2.05) is 72.8 Å². The van der Waals surface area contributed by atoms with Gasteiger partial charge >= 0.3 is 18.3 Å². The number of hydrogen-bond acceptors (Lipinski definition) is 6. The van der Waals surface area contributed by atoms with Crippen LogP contribution in [0.4, 0.5) is 31.4 Å². The van der Waals surface area contributed by atoms with Gasteiger partial charge < -0.3 is 14.2 Å². The smallest absolute Gasteiger partial charge is 0.411 e. The first-order valence-corrected chi connectivity index (χ1v) is 20.8. The number of anilines is 3. The number of benzene rings is 3. The second-order valence-corrected chi connectivity index (χ2v) is 14.7. The van der Waals surface area contributed by atoms with E-state index in [-0.39, 0.29) is 5.92 Å². The molecule has 0 aliphatic carbocycles. The normalized spacial score (nSPS) is 13.2. The van der Waals surface area contributed by atoms with E-state index in [2.05, 4.69) is 57.5 Å². The van der Waals surface area contributed by atoms with Crippen molar-refractivity contribution in [1.29, 1.82) is 0 Å². The van der Waals surface area contributed by atoms with E-state index in [1.165, 1.54) is 0 Å². The molecule has 3 aromatic carbocycles. The van der Waals surface area contributed by atoms with Crippen molar-refractivity contribution in [3.63, 3.8) is 0 Å². The van der Waals surface area contributed by atoms with Crippen LogP contribution in [0, 0.1) is 17.8 Å². The lowest BCUT2D eigenvalue weighted by atomic mass is 9.85. The fourth-order valence-corrected chi connectivity index (χ4v) is 6.59. The molecule has 9 heteroatoms. The molecule has 3 atom stereocenters. The summed E-state index contributed by atoms with van der Waals surface area (Å²) in [6.07, 6.45) is 11.5. The van der Waals surface area contributed by atoms with Crippen LogP contribution in [0.5, 0.6) is 0 Å². The number of amides is 3. The zero-order chi connectivity index (χ0) is 39.8. The van der Waals surface area contributed by atoms with Gasteiger partial charge in [-0.15, -0.1) is 0 Å². The van der Waals surface area contributed by atoms with Crippen LogP contribution >= 0.6 is 0 Å². The van der Waals surface area contributed by atoms with Crippen LogP contribution in [0.15, 0.2) is 72.8 Å². The summed E-state index contributed by atoms with van der Waals surface area (Å²) in [6.45, 7) is 14.1. The quantitative estimate of drug-likeness (QED) is 0.0619. The van der Waals surface area contributed by atoms with Gasteiger partial charge in [0.15, 0.2) is 0 Å². The molecule has 0 aromatic heterocycles. The summed E-state index contributed by atoms with van der Waals surface area (Å²) < 4.78 is 16.7. The van der Waals surface area contributed by atoms with Gasteiger partial charge in [-0.2, -0.15) is 0 Å². The molecule has 55 heavy (non-hydrogen) atoms. The summed E-state index contributed by atoms with van der Waals surface area (Å²) in [5.41, 5.74) is 4.93. The third kappa shape index (κ3) is 16.4. The van der Waals surface area contributed by atoms with Crippen molar-refractivity contribution in [2.24, 2.45) is 17.8 Å². The van der Waals surface area contributed by atoms with Crippen molar-refractivity contribution in [1.82, 2.24) is 0 Å². The maximum Gasteiger partial charge on any atom is 0.411 e. The number of ether oxygens (including phenoxy) is 3. The molecule has 0 aliphatic heterocycles. The average molecular weight is 758 g/mol. The lowest BCUT2D eigenvalue weighted by molar-refractivity contribution is 0.135. The Kier molecular flexibility index (Phi) is 20.8. The van der Waals surface area contributed by atoms with Crippen LogP contribution in [0.1, 0.15) is 141 Å². The van der Waals surface area contributed by atoms with Crippen LogP contribution in [-0.4, -0.2) is 38.1 Å². The lowest BCUT2D eigenvalue weighted by Crippen LogP contribution is -2.19. The summed E-state index contributed by atoms with van der Waals surface area (Å²) in [5.74, 6) is 0.906. The van der Waals surface area contributed by atoms with Gasteiger partial charge in [-0.1, -0.05) is 136 Å². The van der Waals surface area contributed by atoms with Gasteiger partial charge in [-0.05, 0) is 90.1 Å². The molecule has 0 saturated carbocycles. The topological polar surface area (TPSA) is 115 Å². The molecule has 0 fully saturated rings. The number of carbonyl (C=O) groups excluding carboxylic acids is 3. The third-order valence-corrected chi connectivity index (χ3v) is 10.5. The van der Waals surface area contributed by atoms with Gasteiger partial charge in [0.05, 0.1) is 19.8 Å². The molecule has 3 amide bonds. The van der Waals surface area contributed by atoms with Crippen LogP contribution in [0.25, 0.3) is 0 Å². The molecule has 3 aromatic rings. The zero-order valence-corrected chi connectivity index (χ0v) is 34.3. The number of rotatable bonds is 24. The van der Waals surface area contributed by atoms with E-state index < -0.39 is 18.3 Å². The monoisotopic (exact) mass is 758 g/mol. The van der Waals surface area contributed by atoms with E-state index in [0.717, 1.165) is 93.7 Å². The first kappa shape index (κ1) is 44.9. The Balaban J connectivity index is 1.76. The van der Waals surface area contributed by atoms with Crippen LogP contribution < -0.4 is 16.0 Å². The predicted octanol–water partition coefficient (Wildman–Crippen LogP) is 13.2. The highest BCUT2D eigenvalue weighted by Crippen LogP contribution is 2.34. The molecular weight excluding hydrogens is 691 g/mol. The first-order valence-electron chi connectivity index (χ1n) is 20.8. The molecule has 0 saturated heterocycles. The van der Waals surface area contributed by atoms with Crippen molar-refractivity contribution in [3.05, 3.63) is 89.5 Å². The van der Waals surface area contributed by atoms with Crippen LogP contribution in [0.3, 0.4) is 0 Å². The van der Waals surface area contributed by atoms with E-state index in [9.17, 15) is 14.4 Å². The molecule has 0 bridgehead atoms. The summed E-state index contributed by atoms with van der Waals surface area (Å²) in [6, 6.07) is 23.2. The molecule has 3 unspecified atom stereocenters. The van der Waals surface area contributed by atoms with Gasteiger partial charge in [0.25, 0.3) is 0 Å². The predicted molar refractivity (Wildman–Crippen MR) is 225 cm³/mol. The maximum atomic E-state index is 12.6. The first-order chi connectivity index (χ1) is 26.7. The zero-order valence-electron chi connectivity index (χ0n) is 34.3. The van der Waals surface area contributed by atoms with Crippen molar-refractivity contribution in [2.45, 2.75) is 125 Å². The minimum Gasteiger partial charge on any atom is -0.449 e. The Morgan fingerprint density at radius 2 is 0.691 bits per heavy atom. The Labute approximate surface area is 330 Å². The third-order valence-electron chi connectivity index (χ3n) is 10.5. The molecular formula is C46H67N3O6. The van der Waals surface area contributed by atoms with Gasteiger partial charge in [-0.25, -0.2) is 14.4 Å². The summed E-state index contributed by atoms with van der Waals surface area (Å²) >= 11 is 0. The fourth-order valence-electron chi connectivity index (χ4n) is 6.59. The van der Waals surface area contributed by atoms with Gasteiger partial charge in [-0.3, -0.25) is 16.0 Å². The van der Waals surface area contributed by atoms with E-state index in [1.54, 1.807) is 0 Å². The molecule has 0 heterocycles. The highest BCUT2D eigenvalue weighted by atomic mass is 16.6. The standard InChI is InChI=1S/C46H67N3O6/c1-7-13-16-34(10-4)31-53-44(50)47-40-25-19-37(20-26-40)43(38-21-27-41(28-22-38)48-45(51)54-32-35(11-5)17-14-8-2)39-23-29-42(30-24-39)49-46(52)55-33-36(12-6)18-15-9-3/h19-30,34-36,43H,7-18,31-33H2,1-6H3,(H,47,50)(H,48,51)(H,49,52). The highest BCUT2D eigenvalue weighted by molar-refractivity contribution is 5.86. The number of unbranched alkanes of at least 4 members (excludes halogenated alkanes) is 3. The van der Waals surface area contributed by atoms with E-state index in [0.29, 0.717) is 54.6 Å². The summed E-state index contributed by atoms with van der Waals surface area (Å²) in [7, 11) is 0. The summed E-state index contributed by atoms with van der Waals surface area (Å²) in [5, 5.41) is 8.61. The number of carbonyl (C=O) groups is 3. The lowest BCUT2D eigenvalue weighted by Gasteiger charge is -2.21. The summed E-state index contributed by atoms with van der Waals surface area (Å²) in [4.78, 5) is 37.9. The van der Waals surface area contributed by atoms with E-state index in [4.69, 9.17) is 14.2 Å². The van der Waals surface area contributed by atoms with Crippen LogP contribution in [0.2, 0.25) is 0 Å². The van der Waals surface area contributed by atoms with Crippen molar-refractivity contribution >= 4 is 35.3 Å². The Hall–Kier alpha value is -4.53. The minimum atomic E-state index is -0.458. The molecule has 302 valence electrons. The Morgan fingerprint density at radius 3 is 0.909 bits per heavy atom. The second-order valence-electron chi connectivity index (χ2n) is 14.7. The number of nitrogens with one attached hydrogen (secondary N) is 3. The van der Waals surface area contributed by atoms with Crippen LogP contribution in [-0.2, 0) is 14.2 Å². The van der Waals surface area contributed by atoms with Gasteiger partial charge in [0, 0.05) is 23.0 Å². The highest BCUT2D eigenvalue weighted by Gasteiger charge is 2.19. The Morgan fingerprint density at radius 1 is 0.436 bits per heavy atom. The van der Waals surface area contributed by atoms with E-state index >= 15 is 0 Å². The molecule has 9 nitrogen and oxygen atoms in total. The number of hydrogen-bond donors (Lipinski definition) is 3.